The first kappa shape index (κ1) is 15.3. The predicted octanol–water partition coefficient (Wildman–Crippen LogP) is 2.46. The van der Waals surface area contributed by atoms with Gasteiger partial charge in [-0.3, -0.25) is 0 Å². The quantitative estimate of drug-likeness (QED) is 0.889. The molecule has 0 radical (unpaired) electrons. The zero-order chi connectivity index (χ0) is 14.8. The monoisotopic (exact) mass is 315 g/mol. The second-order valence-corrected chi connectivity index (χ2v) is 7.76. The van der Waals surface area contributed by atoms with E-state index in [1.807, 2.05) is 0 Å². The Hall–Kier alpha value is -1.05. The van der Waals surface area contributed by atoms with Crippen LogP contribution in [-0.2, 0) is 10.0 Å². The number of benzene rings is 1. The molecule has 1 aromatic carbocycles. The summed E-state index contributed by atoms with van der Waals surface area (Å²) in [5.41, 5.74) is -0.0676. The Morgan fingerprint density at radius 2 is 1.90 bits per heavy atom. The molecule has 1 aliphatic rings. The van der Waals surface area contributed by atoms with Crippen molar-refractivity contribution in [2.45, 2.75) is 47.1 Å². The molecule has 0 heterocycles. The molecule has 0 unspecified atom stereocenters. The van der Waals surface area contributed by atoms with Crippen LogP contribution in [-0.4, -0.2) is 24.7 Å². The molecule has 1 aliphatic carbocycles. The third-order valence-electron chi connectivity index (χ3n) is 3.34. The summed E-state index contributed by atoms with van der Waals surface area (Å²) in [4.78, 5) is 11.4. The van der Waals surface area contributed by atoms with E-state index in [0.29, 0.717) is 10.1 Å². The third kappa shape index (κ3) is 3.74. The van der Waals surface area contributed by atoms with Gasteiger partial charge >= 0.3 is 5.97 Å². The van der Waals surface area contributed by atoms with E-state index in [2.05, 4.69) is 0 Å². The Labute approximate surface area is 122 Å². The van der Waals surface area contributed by atoms with Crippen molar-refractivity contribution in [3.05, 3.63) is 23.8 Å². The standard InChI is InChI=1S/C13H17NO4S2/c14-20(17,18)12-8-9(13(15)16)6-7-11(12)19-10-4-2-1-3-5-10/h6-8,10H,1-5H2,(H,15,16)(H2,14,17,18). The molecule has 1 aromatic rings. The number of thioether (sulfide) groups is 1. The zero-order valence-corrected chi connectivity index (χ0v) is 12.5. The van der Waals surface area contributed by atoms with Gasteiger partial charge in [0.15, 0.2) is 0 Å². The van der Waals surface area contributed by atoms with Gasteiger partial charge in [0.05, 0.1) is 10.5 Å². The van der Waals surface area contributed by atoms with Crippen LogP contribution in [0.1, 0.15) is 42.5 Å². The Morgan fingerprint density at radius 3 is 2.45 bits per heavy atom. The van der Waals surface area contributed by atoms with Crippen molar-refractivity contribution < 1.29 is 18.3 Å². The molecule has 0 saturated heterocycles. The summed E-state index contributed by atoms with van der Waals surface area (Å²) in [6, 6.07) is 4.10. The SMILES string of the molecule is NS(=O)(=O)c1cc(C(=O)O)ccc1SC1CCCCC1. The van der Waals surface area contributed by atoms with Crippen molar-refractivity contribution in [2.75, 3.05) is 0 Å². The number of aromatic carboxylic acids is 1. The average Bonchev–Trinajstić information content (AvgIpc) is 2.39. The minimum absolute atomic E-state index is 0.0676. The maximum absolute atomic E-state index is 11.6. The summed E-state index contributed by atoms with van der Waals surface area (Å²) in [5.74, 6) is -1.16. The topological polar surface area (TPSA) is 97.5 Å². The molecule has 110 valence electrons. The molecule has 0 aliphatic heterocycles. The number of carbonyl (C=O) groups is 1. The van der Waals surface area contributed by atoms with Crippen molar-refractivity contribution in [3.8, 4) is 0 Å². The van der Waals surface area contributed by atoms with Gasteiger partial charge in [-0.05, 0) is 31.0 Å². The van der Waals surface area contributed by atoms with Crippen molar-refractivity contribution >= 4 is 27.8 Å². The largest absolute Gasteiger partial charge is 0.478 e. The van der Waals surface area contributed by atoms with Gasteiger partial charge in [0, 0.05) is 10.1 Å². The highest BCUT2D eigenvalue weighted by atomic mass is 32.2. The van der Waals surface area contributed by atoms with Crippen LogP contribution >= 0.6 is 11.8 Å². The van der Waals surface area contributed by atoms with Gasteiger partial charge in [-0.1, -0.05) is 19.3 Å². The number of primary sulfonamides is 1. The van der Waals surface area contributed by atoms with Crippen LogP contribution in [0.25, 0.3) is 0 Å². The molecule has 3 N–H and O–H groups in total. The van der Waals surface area contributed by atoms with Crippen LogP contribution < -0.4 is 5.14 Å². The lowest BCUT2D eigenvalue weighted by Gasteiger charge is -2.21. The number of carboxylic acids is 1. The summed E-state index contributed by atoms with van der Waals surface area (Å²) in [6.07, 6.45) is 5.62. The number of hydrogen-bond donors (Lipinski definition) is 2. The molecule has 1 saturated carbocycles. The maximum atomic E-state index is 11.6. The van der Waals surface area contributed by atoms with E-state index >= 15 is 0 Å². The molecule has 1 fully saturated rings. The lowest BCUT2D eigenvalue weighted by atomic mass is 10.0. The number of nitrogens with two attached hydrogens (primary N) is 1. The van der Waals surface area contributed by atoms with Crippen molar-refractivity contribution in [2.24, 2.45) is 5.14 Å². The normalized spacial score (nSPS) is 17.1. The fourth-order valence-electron chi connectivity index (χ4n) is 2.32. The van der Waals surface area contributed by atoms with Gasteiger partial charge in [-0.25, -0.2) is 18.4 Å². The summed E-state index contributed by atoms with van der Waals surface area (Å²) < 4.78 is 23.3. The summed E-state index contributed by atoms with van der Waals surface area (Å²) >= 11 is 1.49. The van der Waals surface area contributed by atoms with Gasteiger partial charge in [0.1, 0.15) is 0 Å². The number of rotatable bonds is 4. The van der Waals surface area contributed by atoms with E-state index in [-0.39, 0.29) is 10.5 Å². The first-order chi connectivity index (χ1) is 9.38. The van der Waals surface area contributed by atoms with E-state index < -0.39 is 16.0 Å². The molecular weight excluding hydrogens is 298 g/mol. The van der Waals surface area contributed by atoms with Crippen LogP contribution in [0.2, 0.25) is 0 Å². The molecular formula is C13H17NO4S2. The summed E-state index contributed by atoms with van der Waals surface area (Å²) in [5, 5.41) is 14.5. The van der Waals surface area contributed by atoms with Crippen LogP contribution in [0, 0.1) is 0 Å². The second kappa shape index (κ2) is 6.15. The second-order valence-electron chi connectivity index (χ2n) is 4.89. The Balaban J connectivity index is 2.33. The van der Waals surface area contributed by atoms with Gasteiger partial charge in [0.25, 0.3) is 0 Å². The lowest BCUT2D eigenvalue weighted by molar-refractivity contribution is 0.0696. The van der Waals surface area contributed by atoms with Gasteiger partial charge < -0.3 is 5.11 Å². The van der Waals surface area contributed by atoms with Crippen LogP contribution in [0.15, 0.2) is 28.0 Å². The minimum Gasteiger partial charge on any atom is -0.478 e. The van der Waals surface area contributed by atoms with E-state index in [1.54, 1.807) is 6.07 Å². The highest BCUT2D eigenvalue weighted by molar-refractivity contribution is 8.00. The number of hydrogen-bond acceptors (Lipinski definition) is 4. The number of carboxylic acid groups (broad SMARTS) is 1. The average molecular weight is 315 g/mol. The number of sulfonamides is 1. The first-order valence-corrected chi connectivity index (χ1v) is 8.87. The van der Waals surface area contributed by atoms with Crippen LogP contribution in [0.5, 0.6) is 0 Å². The summed E-state index contributed by atoms with van der Waals surface area (Å²) in [7, 11) is -3.92. The molecule has 0 atom stereocenters. The molecule has 20 heavy (non-hydrogen) atoms. The smallest absolute Gasteiger partial charge is 0.335 e. The van der Waals surface area contributed by atoms with E-state index in [0.717, 1.165) is 31.7 Å². The zero-order valence-electron chi connectivity index (χ0n) is 10.9. The molecule has 2 rings (SSSR count). The highest BCUT2D eigenvalue weighted by Gasteiger charge is 2.21. The fourth-order valence-corrected chi connectivity index (χ4v) is 4.71. The Morgan fingerprint density at radius 1 is 1.25 bits per heavy atom. The predicted molar refractivity (Wildman–Crippen MR) is 77.5 cm³/mol. The Bertz CT molecular complexity index is 607. The van der Waals surface area contributed by atoms with Crippen molar-refractivity contribution in [3.63, 3.8) is 0 Å². The Kier molecular flexibility index (Phi) is 4.72. The minimum atomic E-state index is -3.92. The van der Waals surface area contributed by atoms with Crippen LogP contribution in [0.4, 0.5) is 0 Å². The molecule has 5 nitrogen and oxygen atoms in total. The third-order valence-corrected chi connectivity index (χ3v) is 5.84. The van der Waals surface area contributed by atoms with E-state index in [9.17, 15) is 13.2 Å². The maximum Gasteiger partial charge on any atom is 0.335 e. The first-order valence-electron chi connectivity index (χ1n) is 6.45. The van der Waals surface area contributed by atoms with Gasteiger partial charge in [-0.2, -0.15) is 0 Å². The molecule has 0 amide bonds. The molecule has 0 bridgehead atoms. The highest BCUT2D eigenvalue weighted by Crippen LogP contribution is 2.36. The van der Waals surface area contributed by atoms with Crippen LogP contribution in [0.3, 0.4) is 0 Å². The molecule has 7 heteroatoms. The van der Waals surface area contributed by atoms with E-state index in [4.69, 9.17) is 10.2 Å². The summed E-state index contributed by atoms with van der Waals surface area (Å²) in [6.45, 7) is 0. The van der Waals surface area contributed by atoms with Crippen molar-refractivity contribution in [1.82, 2.24) is 0 Å². The van der Waals surface area contributed by atoms with E-state index in [1.165, 1.54) is 24.2 Å². The fraction of sp³-hybridized carbons (Fsp3) is 0.462. The van der Waals surface area contributed by atoms with Crippen molar-refractivity contribution in [1.29, 1.82) is 0 Å². The lowest BCUT2D eigenvalue weighted by Crippen LogP contribution is -2.16. The van der Waals surface area contributed by atoms with Gasteiger partial charge in [-0.15, -0.1) is 11.8 Å². The molecule has 0 aromatic heterocycles. The molecule has 0 spiro atoms. The van der Waals surface area contributed by atoms with Gasteiger partial charge in [0.2, 0.25) is 10.0 Å².